The van der Waals surface area contributed by atoms with Gasteiger partial charge in [0.05, 0.1) is 32.5 Å². The van der Waals surface area contributed by atoms with Crippen LogP contribution in [-0.4, -0.2) is 65.8 Å². The molecule has 0 heterocycles. The Morgan fingerprint density at radius 1 is 1.10 bits per heavy atom. The lowest BCUT2D eigenvalue weighted by molar-refractivity contribution is 0.00524. The van der Waals surface area contributed by atoms with Crippen LogP contribution in [0.4, 0.5) is 0 Å². The molecule has 0 unspecified atom stereocenters. The number of halogens is 1. The first-order valence-corrected chi connectivity index (χ1v) is 6.98. The second-order valence-electron chi connectivity index (χ2n) is 4.54. The highest BCUT2D eigenvalue weighted by Crippen LogP contribution is 2.10. The summed E-state index contributed by atoms with van der Waals surface area (Å²) in [4.78, 5) is 1.79. The fourth-order valence-corrected chi connectivity index (χ4v) is 1.95. The molecule has 0 bridgehead atoms. The molecule has 0 aromatic heterocycles. The van der Waals surface area contributed by atoms with E-state index in [1.54, 1.807) is 17.0 Å². The molecular weight excluding hydrogens is 282 g/mol. The molecule has 6 heteroatoms. The third-order valence-electron chi connectivity index (χ3n) is 2.79. The van der Waals surface area contributed by atoms with E-state index in [0.29, 0.717) is 31.3 Å². The molecule has 0 aliphatic carbocycles. The van der Waals surface area contributed by atoms with Crippen LogP contribution in [0, 0.1) is 0 Å². The van der Waals surface area contributed by atoms with E-state index in [1.165, 1.54) is 0 Å². The van der Waals surface area contributed by atoms with E-state index >= 15 is 0 Å². The van der Waals surface area contributed by atoms with Crippen LogP contribution in [0.5, 0.6) is 0 Å². The first kappa shape index (κ1) is 17.4. The zero-order valence-corrected chi connectivity index (χ0v) is 12.2. The SMILES string of the molecule is OCCN(CCO)C[C@H](O)COCc1ccc(Cl)cc1. The number of ether oxygens (including phenoxy) is 1. The summed E-state index contributed by atoms with van der Waals surface area (Å²) in [7, 11) is 0. The van der Waals surface area contributed by atoms with E-state index in [4.69, 9.17) is 26.6 Å². The Kier molecular flexibility index (Phi) is 8.77. The van der Waals surface area contributed by atoms with Crippen LogP contribution < -0.4 is 0 Å². The minimum atomic E-state index is -0.652. The zero-order chi connectivity index (χ0) is 14.8. The van der Waals surface area contributed by atoms with Crippen LogP contribution in [-0.2, 0) is 11.3 Å². The van der Waals surface area contributed by atoms with Crippen molar-refractivity contribution in [3.05, 3.63) is 34.9 Å². The number of aliphatic hydroxyl groups excluding tert-OH is 3. The van der Waals surface area contributed by atoms with Crippen LogP contribution >= 0.6 is 11.6 Å². The Hall–Kier alpha value is -0.690. The first-order valence-electron chi connectivity index (χ1n) is 6.60. The molecule has 0 saturated heterocycles. The Labute approximate surface area is 124 Å². The van der Waals surface area contributed by atoms with Crippen molar-refractivity contribution in [1.29, 1.82) is 0 Å². The molecule has 5 nitrogen and oxygen atoms in total. The van der Waals surface area contributed by atoms with Crippen molar-refractivity contribution in [3.8, 4) is 0 Å². The summed E-state index contributed by atoms with van der Waals surface area (Å²) >= 11 is 5.79. The maximum Gasteiger partial charge on any atom is 0.0900 e. The molecule has 0 spiro atoms. The van der Waals surface area contributed by atoms with Crippen molar-refractivity contribution >= 4 is 11.6 Å². The smallest absolute Gasteiger partial charge is 0.0900 e. The molecule has 0 fully saturated rings. The molecule has 0 aliphatic heterocycles. The zero-order valence-electron chi connectivity index (χ0n) is 11.4. The van der Waals surface area contributed by atoms with E-state index < -0.39 is 6.10 Å². The van der Waals surface area contributed by atoms with Crippen LogP contribution in [0.1, 0.15) is 5.56 Å². The van der Waals surface area contributed by atoms with Gasteiger partial charge >= 0.3 is 0 Å². The monoisotopic (exact) mass is 303 g/mol. The standard InChI is InChI=1S/C14H22ClNO4/c15-13-3-1-12(2-4-13)10-20-11-14(19)9-16(5-7-17)6-8-18/h1-4,14,17-19H,5-11H2/t14-/m0/s1. The summed E-state index contributed by atoms with van der Waals surface area (Å²) in [6.45, 7) is 1.83. The van der Waals surface area contributed by atoms with Gasteiger partial charge in [-0.15, -0.1) is 0 Å². The summed E-state index contributed by atoms with van der Waals surface area (Å²) in [6, 6.07) is 7.33. The molecule has 0 saturated carbocycles. The summed E-state index contributed by atoms with van der Waals surface area (Å²) in [6.07, 6.45) is -0.652. The maximum atomic E-state index is 9.84. The molecule has 1 aromatic rings. The largest absolute Gasteiger partial charge is 0.395 e. The van der Waals surface area contributed by atoms with Gasteiger partial charge in [0.15, 0.2) is 0 Å². The number of hydrogen-bond acceptors (Lipinski definition) is 5. The fourth-order valence-electron chi connectivity index (χ4n) is 1.82. The third-order valence-corrected chi connectivity index (χ3v) is 3.05. The van der Waals surface area contributed by atoms with E-state index in [9.17, 15) is 5.11 Å². The van der Waals surface area contributed by atoms with Crippen LogP contribution in [0.25, 0.3) is 0 Å². The maximum absolute atomic E-state index is 9.84. The van der Waals surface area contributed by atoms with Crippen LogP contribution in [0.3, 0.4) is 0 Å². The van der Waals surface area contributed by atoms with Crippen LogP contribution in [0.2, 0.25) is 5.02 Å². The second-order valence-corrected chi connectivity index (χ2v) is 4.98. The fraction of sp³-hybridized carbons (Fsp3) is 0.571. The lowest BCUT2D eigenvalue weighted by Crippen LogP contribution is -2.38. The summed E-state index contributed by atoms with van der Waals surface area (Å²) in [5, 5.41) is 28.3. The van der Waals surface area contributed by atoms with Gasteiger partial charge in [0, 0.05) is 24.7 Å². The molecule has 0 aliphatic rings. The lowest BCUT2D eigenvalue weighted by Gasteiger charge is -2.23. The summed E-state index contributed by atoms with van der Waals surface area (Å²) < 4.78 is 5.43. The minimum Gasteiger partial charge on any atom is -0.395 e. The van der Waals surface area contributed by atoms with Crippen molar-refractivity contribution < 1.29 is 20.1 Å². The predicted molar refractivity (Wildman–Crippen MR) is 77.7 cm³/mol. The van der Waals surface area contributed by atoms with E-state index in [0.717, 1.165) is 5.56 Å². The first-order chi connectivity index (χ1) is 9.65. The van der Waals surface area contributed by atoms with Crippen molar-refractivity contribution in [2.24, 2.45) is 0 Å². The molecule has 3 N–H and O–H groups in total. The normalized spacial score (nSPS) is 12.8. The number of nitrogens with zero attached hydrogens (tertiary/aromatic N) is 1. The number of aliphatic hydroxyl groups is 3. The molecule has 1 atom stereocenters. The van der Waals surface area contributed by atoms with Gasteiger partial charge < -0.3 is 20.1 Å². The minimum absolute atomic E-state index is 0.00164. The van der Waals surface area contributed by atoms with E-state index in [2.05, 4.69) is 0 Å². The second kappa shape index (κ2) is 10.1. The lowest BCUT2D eigenvalue weighted by atomic mass is 10.2. The van der Waals surface area contributed by atoms with Gasteiger partial charge in [-0.3, -0.25) is 4.90 Å². The van der Waals surface area contributed by atoms with E-state index in [-0.39, 0.29) is 19.8 Å². The molecule has 20 heavy (non-hydrogen) atoms. The molecule has 1 aromatic carbocycles. The van der Waals surface area contributed by atoms with Gasteiger partial charge in [-0.25, -0.2) is 0 Å². The average molecular weight is 304 g/mol. The Morgan fingerprint density at radius 2 is 1.70 bits per heavy atom. The molecule has 0 amide bonds. The molecular formula is C14H22ClNO4. The summed E-state index contributed by atoms with van der Waals surface area (Å²) in [5.41, 5.74) is 0.990. The van der Waals surface area contributed by atoms with Gasteiger partial charge in [0.2, 0.25) is 0 Å². The van der Waals surface area contributed by atoms with Gasteiger partial charge in [-0.2, -0.15) is 0 Å². The molecule has 1 rings (SSSR count). The van der Waals surface area contributed by atoms with Gasteiger partial charge in [0.25, 0.3) is 0 Å². The predicted octanol–water partition coefficient (Wildman–Crippen LogP) is 0.504. The molecule has 0 radical (unpaired) electrons. The number of rotatable bonds is 10. The Morgan fingerprint density at radius 3 is 2.25 bits per heavy atom. The Balaban J connectivity index is 2.24. The number of hydrogen-bond donors (Lipinski definition) is 3. The summed E-state index contributed by atoms with van der Waals surface area (Å²) in [5.74, 6) is 0. The highest BCUT2D eigenvalue weighted by atomic mass is 35.5. The third kappa shape index (κ3) is 7.19. The Bertz CT molecular complexity index is 355. The highest BCUT2D eigenvalue weighted by molar-refractivity contribution is 6.30. The van der Waals surface area contributed by atoms with Crippen molar-refractivity contribution in [3.63, 3.8) is 0 Å². The van der Waals surface area contributed by atoms with E-state index in [1.807, 2.05) is 12.1 Å². The van der Waals surface area contributed by atoms with Gasteiger partial charge in [-0.1, -0.05) is 23.7 Å². The van der Waals surface area contributed by atoms with Gasteiger partial charge in [0.1, 0.15) is 0 Å². The topological polar surface area (TPSA) is 73.2 Å². The highest BCUT2D eigenvalue weighted by Gasteiger charge is 2.11. The van der Waals surface area contributed by atoms with Crippen LogP contribution in [0.15, 0.2) is 24.3 Å². The average Bonchev–Trinajstić information content (AvgIpc) is 2.41. The van der Waals surface area contributed by atoms with Crippen molar-refractivity contribution in [1.82, 2.24) is 4.90 Å². The number of benzene rings is 1. The van der Waals surface area contributed by atoms with Crippen molar-refractivity contribution in [2.75, 3.05) is 39.5 Å². The van der Waals surface area contributed by atoms with Crippen molar-refractivity contribution in [2.45, 2.75) is 12.7 Å². The quantitative estimate of drug-likeness (QED) is 0.587. The molecule has 114 valence electrons. The van der Waals surface area contributed by atoms with Gasteiger partial charge in [-0.05, 0) is 17.7 Å².